The lowest BCUT2D eigenvalue weighted by molar-refractivity contribution is 0.127. The Kier molecular flexibility index (Phi) is 4.65. The second kappa shape index (κ2) is 6.07. The standard InChI is InChI=1S/C13H22N4OS/c1-7(2)11-15-12(17-14)8(3)13(16-11)19-10-5-6-18-9(10)4/h7,9-10H,5-6,14H2,1-4H3,(H,15,16,17). The highest BCUT2D eigenvalue weighted by Crippen LogP contribution is 2.35. The van der Waals surface area contributed by atoms with E-state index in [1.54, 1.807) is 11.8 Å². The highest BCUT2D eigenvalue weighted by atomic mass is 32.2. The van der Waals surface area contributed by atoms with Gasteiger partial charge in [0, 0.05) is 23.3 Å². The van der Waals surface area contributed by atoms with Crippen molar-refractivity contribution in [3.8, 4) is 0 Å². The van der Waals surface area contributed by atoms with Crippen LogP contribution in [0.4, 0.5) is 5.82 Å². The van der Waals surface area contributed by atoms with Crippen molar-refractivity contribution >= 4 is 17.6 Å². The number of ether oxygens (including phenoxy) is 1. The first-order valence-electron chi connectivity index (χ1n) is 6.66. The zero-order chi connectivity index (χ0) is 14.0. The minimum atomic E-state index is 0.274. The number of rotatable bonds is 4. The van der Waals surface area contributed by atoms with Crippen LogP contribution in [-0.4, -0.2) is 27.9 Å². The summed E-state index contributed by atoms with van der Waals surface area (Å²) in [6.45, 7) is 9.12. The van der Waals surface area contributed by atoms with Crippen molar-refractivity contribution in [1.82, 2.24) is 9.97 Å². The third-order valence-corrected chi connectivity index (χ3v) is 4.88. The van der Waals surface area contributed by atoms with E-state index in [-0.39, 0.29) is 12.0 Å². The molecule has 1 saturated heterocycles. The molecule has 6 heteroatoms. The van der Waals surface area contributed by atoms with Gasteiger partial charge in [-0.2, -0.15) is 0 Å². The zero-order valence-electron chi connectivity index (χ0n) is 11.9. The maximum Gasteiger partial charge on any atom is 0.147 e. The van der Waals surface area contributed by atoms with Crippen LogP contribution in [0.1, 0.15) is 44.5 Å². The molecule has 0 radical (unpaired) electrons. The van der Waals surface area contributed by atoms with Crippen LogP contribution in [0, 0.1) is 6.92 Å². The molecule has 2 heterocycles. The fourth-order valence-corrected chi connectivity index (χ4v) is 3.23. The number of nitrogens with zero attached hydrogens (tertiary/aromatic N) is 2. The van der Waals surface area contributed by atoms with Gasteiger partial charge in [-0.15, -0.1) is 0 Å². The van der Waals surface area contributed by atoms with Crippen LogP contribution in [0.25, 0.3) is 0 Å². The second-order valence-corrected chi connectivity index (χ2v) is 6.41. The SMILES string of the molecule is Cc1c(NN)nc(C(C)C)nc1SC1CCOC1C. The van der Waals surface area contributed by atoms with Gasteiger partial charge < -0.3 is 10.2 Å². The summed E-state index contributed by atoms with van der Waals surface area (Å²) in [4.78, 5) is 9.13. The summed E-state index contributed by atoms with van der Waals surface area (Å²) in [7, 11) is 0. The van der Waals surface area contributed by atoms with Gasteiger partial charge in [0.05, 0.1) is 6.10 Å². The first-order valence-corrected chi connectivity index (χ1v) is 7.54. The first kappa shape index (κ1) is 14.6. The Morgan fingerprint density at radius 2 is 2.16 bits per heavy atom. The van der Waals surface area contributed by atoms with Crippen molar-refractivity contribution in [3.63, 3.8) is 0 Å². The molecule has 2 atom stereocenters. The molecule has 0 aliphatic carbocycles. The number of aromatic nitrogens is 2. The molecule has 0 saturated carbocycles. The number of hydrazine groups is 1. The summed E-state index contributed by atoms with van der Waals surface area (Å²) in [5.74, 6) is 7.37. The van der Waals surface area contributed by atoms with E-state index in [0.717, 1.165) is 29.4 Å². The third-order valence-electron chi connectivity index (χ3n) is 3.34. The average Bonchev–Trinajstić information content (AvgIpc) is 2.77. The molecule has 3 N–H and O–H groups in total. The van der Waals surface area contributed by atoms with Crippen molar-refractivity contribution in [2.24, 2.45) is 5.84 Å². The Labute approximate surface area is 118 Å². The first-order chi connectivity index (χ1) is 9.02. The molecule has 0 bridgehead atoms. The van der Waals surface area contributed by atoms with Crippen molar-refractivity contribution in [1.29, 1.82) is 0 Å². The Hall–Kier alpha value is -0.850. The van der Waals surface area contributed by atoms with Gasteiger partial charge in [0.15, 0.2) is 0 Å². The van der Waals surface area contributed by atoms with E-state index in [1.165, 1.54) is 0 Å². The molecule has 106 valence electrons. The fraction of sp³-hybridized carbons (Fsp3) is 0.692. The van der Waals surface area contributed by atoms with Crippen molar-refractivity contribution < 1.29 is 4.74 Å². The lowest BCUT2D eigenvalue weighted by Gasteiger charge is -2.17. The highest BCUT2D eigenvalue weighted by molar-refractivity contribution is 8.00. The summed E-state index contributed by atoms with van der Waals surface area (Å²) in [6.07, 6.45) is 1.34. The van der Waals surface area contributed by atoms with Crippen molar-refractivity contribution in [2.45, 2.75) is 56.4 Å². The zero-order valence-corrected chi connectivity index (χ0v) is 12.8. The predicted molar refractivity (Wildman–Crippen MR) is 78.3 cm³/mol. The summed E-state index contributed by atoms with van der Waals surface area (Å²) >= 11 is 1.78. The summed E-state index contributed by atoms with van der Waals surface area (Å²) in [6, 6.07) is 0. The minimum absolute atomic E-state index is 0.274. The van der Waals surface area contributed by atoms with Gasteiger partial charge in [-0.05, 0) is 20.3 Å². The largest absolute Gasteiger partial charge is 0.377 e. The summed E-state index contributed by atoms with van der Waals surface area (Å²) in [5, 5.41) is 1.47. The molecular formula is C13H22N4OS. The van der Waals surface area contributed by atoms with E-state index in [9.17, 15) is 0 Å². The number of nitrogens with two attached hydrogens (primary N) is 1. The number of nitrogen functional groups attached to an aromatic ring is 1. The van der Waals surface area contributed by atoms with E-state index in [1.807, 2.05) is 6.92 Å². The van der Waals surface area contributed by atoms with Gasteiger partial charge >= 0.3 is 0 Å². The Morgan fingerprint density at radius 3 is 2.68 bits per heavy atom. The molecule has 2 rings (SSSR count). The smallest absolute Gasteiger partial charge is 0.147 e. The Morgan fingerprint density at radius 1 is 1.42 bits per heavy atom. The van der Waals surface area contributed by atoms with Gasteiger partial charge in [0.2, 0.25) is 0 Å². The predicted octanol–water partition coefficient (Wildman–Crippen LogP) is 2.46. The third kappa shape index (κ3) is 3.19. The van der Waals surface area contributed by atoms with Crippen LogP contribution in [0.5, 0.6) is 0 Å². The van der Waals surface area contributed by atoms with E-state index < -0.39 is 0 Å². The fourth-order valence-electron chi connectivity index (χ4n) is 2.04. The van der Waals surface area contributed by atoms with Gasteiger partial charge in [0.1, 0.15) is 16.7 Å². The monoisotopic (exact) mass is 282 g/mol. The second-order valence-electron chi connectivity index (χ2n) is 5.18. The maximum absolute atomic E-state index is 5.61. The molecule has 0 aromatic carbocycles. The molecule has 1 aliphatic heterocycles. The number of anilines is 1. The highest BCUT2D eigenvalue weighted by Gasteiger charge is 2.27. The molecule has 1 aromatic rings. The molecule has 1 aromatic heterocycles. The molecule has 0 amide bonds. The van der Waals surface area contributed by atoms with Crippen LogP contribution in [-0.2, 0) is 4.74 Å². The molecule has 1 fully saturated rings. The van der Waals surface area contributed by atoms with Crippen molar-refractivity contribution in [3.05, 3.63) is 11.4 Å². The van der Waals surface area contributed by atoms with Crippen LogP contribution < -0.4 is 11.3 Å². The van der Waals surface area contributed by atoms with Gasteiger partial charge in [0.25, 0.3) is 0 Å². The van der Waals surface area contributed by atoms with Gasteiger partial charge in [-0.25, -0.2) is 15.8 Å². The lowest BCUT2D eigenvalue weighted by Crippen LogP contribution is -2.16. The Balaban J connectivity index is 2.29. The molecule has 1 aliphatic rings. The van der Waals surface area contributed by atoms with E-state index in [0.29, 0.717) is 11.1 Å². The van der Waals surface area contributed by atoms with Gasteiger partial charge in [-0.1, -0.05) is 25.6 Å². The number of hydrogen-bond acceptors (Lipinski definition) is 6. The van der Waals surface area contributed by atoms with E-state index in [4.69, 9.17) is 10.6 Å². The van der Waals surface area contributed by atoms with Crippen LogP contribution in [0.3, 0.4) is 0 Å². The summed E-state index contributed by atoms with van der Waals surface area (Å²) < 4.78 is 5.61. The number of thioether (sulfide) groups is 1. The normalized spacial score (nSPS) is 23.1. The Bertz CT molecular complexity index is 453. The number of nitrogens with one attached hydrogen (secondary N) is 1. The van der Waals surface area contributed by atoms with Crippen molar-refractivity contribution in [2.75, 3.05) is 12.0 Å². The lowest BCUT2D eigenvalue weighted by atomic mass is 10.2. The van der Waals surface area contributed by atoms with Gasteiger partial charge in [-0.3, -0.25) is 0 Å². The quantitative estimate of drug-likeness (QED) is 0.502. The van der Waals surface area contributed by atoms with E-state index in [2.05, 4.69) is 36.2 Å². The molecule has 0 spiro atoms. The van der Waals surface area contributed by atoms with Crippen LogP contribution in [0.15, 0.2) is 5.03 Å². The molecule has 5 nitrogen and oxygen atoms in total. The minimum Gasteiger partial charge on any atom is -0.377 e. The average molecular weight is 282 g/mol. The molecular weight excluding hydrogens is 260 g/mol. The molecule has 19 heavy (non-hydrogen) atoms. The van der Waals surface area contributed by atoms with Crippen LogP contribution in [0.2, 0.25) is 0 Å². The molecule has 2 unspecified atom stereocenters. The number of hydrogen-bond donors (Lipinski definition) is 2. The maximum atomic E-state index is 5.61. The topological polar surface area (TPSA) is 73.1 Å². The van der Waals surface area contributed by atoms with Crippen LogP contribution >= 0.6 is 11.8 Å². The summed E-state index contributed by atoms with van der Waals surface area (Å²) in [5.41, 5.74) is 3.68. The van der Waals surface area contributed by atoms with E-state index >= 15 is 0 Å².